The first-order chi connectivity index (χ1) is 7.51. The average molecular weight is 227 g/mol. The molecule has 0 amide bonds. The van der Waals surface area contributed by atoms with Crippen molar-refractivity contribution in [2.75, 3.05) is 20.2 Å². The van der Waals surface area contributed by atoms with Gasteiger partial charge in [0.05, 0.1) is 0 Å². The van der Waals surface area contributed by atoms with E-state index in [2.05, 4.69) is 32.7 Å². The Morgan fingerprint density at radius 1 is 1.12 bits per heavy atom. The molecule has 1 N–H and O–H groups in total. The van der Waals surface area contributed by atoms with Crippen LogP contribution in [-0.2, 0) is 0 Å². The largest absolute Gasteiger partial charge is 0.396 e. The van der Waals surface area contributed by atoms with Gasteiger partial charge in [0, 0.05) is 24.6 Å². The van der Waals surface area contributed by atoms with Crippen molar-refractivity contribution in [3.8, 4) is 0 Å². The molecule has 0 spiro atoms. The fraction of sp³-hybridized carbons (Fsp3) is 1.00. The molecular formula is C14H29NO. The van der Waals surface area contributed by atoms with Gasteiger partial charge >= 0.3 is 0 Å². The van der Waals surface area contributed by atoms with Crippen molar-refractivity contribution in [2.45, 2.75) is 58.9 Å². The van der Waals surface area contributed by atoms with Gasteiger partial charge < -0.3 is 10.0 Å². The fourth-order valence-electron chi connectivity index (χ4n) is 2.85. The number of rotatable bonds is 5. The first-order valence-corrected chi connectivity index (χ1v) is 6.82. The summed E-state index contributed by atoms with van der Waals surface area (Å²) < 4.78 is 0. The molecule has 0 heterocycles. The summed E-state index contributed by atoms with van der Waals surface area (Å²) in [6.07, 6.45) is 6.36. The third-order valence-electron chi connectivity index (χ3n) is 4.49. The lowest BCUT2D eigenvalue weighted by molar-refractivity contribution is 0.0312. The number of hydrogen-bond donors (Lipinski definition) is 1. The van der Waals surface area contributed by atoms with Gasteiger partial charge in [-0.1, -0.05) is 33.1 Å². The first kappa shape index (κ1) is 14.0. The van der Waals surface area contributed by atoms with E-state index in [1.54, 1.807) is 0 Å². The zero-order chi connectivity index (χ0) is 12.2. The Morgan fingerprint density at radius 3 is 2.12 bits per heavy atom. The Hall–Kier alpha value is -0.0800. The van der Waals surface area contributed by atoms with E-state index in [0.29, 0.717) is 18.6 Å². The van der Waals surface area contributed by atoms with Crippen LogP contribution in [0.15, 0.2) is 0 Å². The molecular weight excluding hydrogens is 198 g/mol. The van der Waals surface area contributed by atoms with Crippen molar-refractivity contribution in [1.29, 1.82) is 0 Å². The SMILES string of the molecule is CC(C)C(C)N(C)CC1(CO)CCCCC1. The van der Waals surface area contributed by atoms with Gasteiger partial charge in [0.2, 0.25) is 0 Å². The average Bonchev–Trinajstić information content (AvgIpc) is 2.29. The molecule has 1 fully saturated rings. The van der Waals surface area contributed by atoms with E-state index in [-0.39, 0.29) is 5.41 Å². The molecule has 0 aliphatic heterocycles. The molecule has 0 saturated heterocycles. The Labute approximate surface area is 101 Å². The highest BCUT2D eigenvalue weighted by atomic mass is 16.3. The number of aliphatic hydroxyl groups is 1. The van der Waals surface area contributed by atoms with Crippen LogP contribution in [0.3, 0.4) is 0 Å². The lowest BCUT2D eigenvalue weighted by Gasteiger charge is -2.41. The maximum Gasteiger partial charge on any atom is 0.0499 e. The second-order valence-corrected chi connectivity index (χ2v) is 6.12. The van der Waals surface area contributed by atoms with E-state index in [1.165, 1.54) is 32.1 Å². The van der Waals surface area contributed by atoms with Crippen LogP contribution in [0, 0.1) is 11.3 Å². The number of nitrogens with zero attached hydrogens (tertiary/aromatic N) is 1. The zero-order valence-corrected chi connectivity index (χ0v) is 11.5. The van der Waals surface area contributed by atoms with Crippen molar-refractivity contribution >= 4 is 0 Å². The maximum atomic E-state index is 9.68. The van der Waals surface area contributed by atoms with Gasteiger partial charge in [-0.2, -0.15) is 0 Å². The lowest BCUT2D eigenvalue weighted by atomic mass is 9.74. The molecule has 1 atom stereocenters. The Kier molecular flexibility index (Phi) is 5.26. The molecule has 16 heavy (non-hydrogen) atoms. The van der Waals surface area contributed by atoms with Gasteiger partial charge in [0.25, 0.3) is 0 Å². The quantitative estimate of drug-likeness (QED) is 0.780. The van der Waals surface area contributed by atoms with Gasteiger partial charge in [0.15, 0.2) is 0 Å². The number of hydrogen-bond acceptors (Lipinski definition) is 2. The summed E-state index contributed by atoms with van der Waals surface area (Å²) in [6, 6.07) is 0.602. The van der Waals surface area contributed by atoms with Gasteiger partial charge in [0.1, 0.15) is 0 Å². The third kappa shape index (κ3) is 3.46. The molecule has 0 aromatic carbocycles. The highest BCUT2D eigenvalue weighted by molar-refractivity contribution is 4.86. The highest BCUT2D eigenvalue weighted by Crippen LogP contribution is 2.36. The second kappa shape index (κ2) is 6.02. The highest BCUT2D eigenvalue weighted by Gasteiger charge is 2.33. The van der Waals surface area contributed by atoms with Crippen LogP contribution in [0.25, 0.3) is 0 Å². The molecule has 2 nitrogen and oxygen atoms in total. The van der Waals surface area contributed by atoms with Crippen molar-refractivity contribution in [1.82, 2.24) is 4.90 Å². The second-order valence-electron chi connectivity index (χ2n) is 6.12. The summed E-state index contributed by atoms with van der Waals surface area (Å²) in [5.74, 6) is 0.685. The Bertz CT molecular complexity index is 197. The van der Waals surface area contributed by atoms with Gasteiger partial charge in [-0.05, 0) is 32.7 Å². The minimum atomic E-state index is 0.191. The zero-order valence-electron chi connectivity index (χ0n) is 11.5. The van der Waals surface area contributed by atoms with Crippen LogP contribution in [0.1, 0.15) is 52.9 Å². The predicted octanol–water partition coefficient (Wildman–Crippen LogP) is 2.91. The molecule has 1 rings (SSSR count). The van der Waals surface area contributed by atoms with Crippen LogP contribution in [0.5, 0.6) is 0 Å². The summed E-state index contributed by atoms with van der Waals surface area (Å²) in [4.78, 5) is 2.44. The summed E-state index contributed by atoms with van der Waals surface area (Å²) in [5, 5.41) is 9.68. The Morgan fingerprint density at radius 2 is 1.69 bits per heavy atom. The van der Waals surface area contributed by atoms with Crippen LogP contribution in [0.2, 0.25) is 0 Å². The molecule has 0 aromatic rings. The van der Waals surface area contributed by atoms with Crippen LogP contribution in [-0.4, -0.2) is 36.2 Å². The molecule has 2 heteroatoms. The van der Waals surface area contributed by atoms with Gasteiger partial charge in [-0.25, -0.2) is 0 Å². The van der Waals surface area contributed by atoms with E-state index in [4.69, 9.17) is 0 Å². The van der Waals surface area contributed by atoms with Crippen molar-refractivity contribution in [3.05, 3.63) is 0 Å². The smallest absolute Gasteiger partial charge is 0.0499 e. The molecule has 0 radical (unpaired) electrons. The molecule has 1 saturated carbocycles. The van der Waals surface area contributed by atoms with E-state index in [0.717, 1.165) is 6.54 Å². The maximum absolute atomic E-state index is 9.68. The minimum absolute atomic E-state index is 0.191. The van der Waals surface area contributed by atoms with E-state index < -0.39 is 0 Å². The topological polar surface area (TPSA) is 23.5 Å². The lowest BCUT2D eigenvalue weighted by Crippen LogP contribution is -2.44. The summed E-state index contributed by atoms with van der Waals surface area (Å²) in [5.41, 5.74) is 0.191. The van der Waals surface area contributed by atoms with Crippen molar-refractivity contribution in [3.63, 3.8) is 0 Å². The molecule has 96 valence electrons. The first-order valence-electron chi connectivity index (χ1n) is 6.82. The molecule has 0 aromatic heterocycles. The van der Waals surface area contributed by atoms with Gasteiger partial charge in [-0.3, -0.25) is 0 Å². The molecule has 1 unspecified atom stereocenters. The predicted molar refractivity (Wildman–Crippen MR) is 69.5 cm³/mol. The molecule has 0 bridgehead atoms. The Balaban J connectivity index is 2.54. The van der Waals surface area contributed by atoms with Gasteiger partial charge in [-0.15, -0.1) is 0 Å². The van der Waals surface area contributed by atoms with Crippen LogP contribution < -0.4 is 0 Å². The number of aliphatic hydroxyl groups excluding tert-OH is 1. The van der Waals surface area contributed by atoms with E-state index >= 15 is 0 Å². The summed E-state index contributed by atoms with van der Waals surface area (Å²) >= 11 is 0. The summed E-state index contributed by atoms with van der Waals surface area (Å²) in [6.45, 7) is 8.25. The molecule has 1 aliphatic rings. The minimum Gasteiger partial charge on any atom is -0.396 e. The van der Waals surface area contributed by atoms with Crippen LogP contribution >= 0.6 is 0 Å². The van der Waals surface area contributed by atoms with E-state index in [1.807, 2.05) is 0 Å². The standard InChI is InChI=1S/C14H29NO/c1-12(2)13(3)15(4)10-14(11-16)8-6-5-7-9-14/h12-13,16H,5-11H2,1-4H3. The monoisotopic (exact) mass is 227 g/mol. The summed E-state index contributed by atoms with van der Waals surface area (Å²) in [7, 11) is 2.21. The van der Waals surface area contributed by atoms with Crippen molar-refractivity contribution in [2.24, 2.45) is 11.3 Å². The third-order valence-corrected chi connectivity index (χ3v) is 4.49. The molecule has 1 aliphatic carbocycles. The van der Waals surface area contributed by atoms with Crippen LogP contribution in [0.4, 0.5) is 0 Å². The fourth-order valence-corrected chi connectivity index (χ4v) is 2.85. The normalized spacial score (nSPS) is 22.7. The van der Waals surface area contributed by atoms with Crippen molar-refractivity contribution < 1.29 is 5.11 Å². The van der Waals surface area contributed by atoms with E-state index in [9.17, 15) is 5.11 Å².